The molecule has 9 heteroatoms. The van der Waals surface area contributed by atoms with Gasteiger partial charge in [-0.05, 0) is 24.1 Å². The topological polar surface area (TPSA) is 78.1 Å². The summed E-state index contributed by atoms with van der Waals surface area (Å²) in [6, 6.07) is 4.82. The van der Waals surface area contributed by atoms with Crippen molar-refractivity contribution in [2.75, 3.05) is 6.54 Å². The van der Waals surface area contributed by atoms with Crippen LogP contribution in [0.3, 0.4) is 0 Å². The van der Waals surface area contributed by atoms with E-state index in [0.717, 1.165) is 30.7 Å². The van der Waals surface area contributed by atoms with Gasteiger partial charge in [-0.1, -0.05) is 25.5 Å². The Balaban J connectivity index is 1.66. The van der Waals surface area contributed by atoms with E-state index in [-0.39, 0.29) is 18.1 Å². The normalized spacial score (nSPS) is 13.9. The van der Waals surface area contributed by atoms with Crippen molar-refractivity contribution in [3.8, 4) is 0 Å². The smallest absolute Gasteiger partial charge is 0.347 e. The first-order valence-electron chi connectivity index (χ1n) is 9.57. The number of aromatic nitrogens is 2. The lowest BCUT2D eigenvalue weighted by molar-refractivity contribution is -0.137. The molecule has 156 valence electrons. The number of nitrogens with zero attached hydrogens (tertiary/aromatic N) is 2. The molecular weight excluding hydrogens is 385 g/mol. The first kappa shape index (κ1) is 20.9. The van der Waals surface area contributed by atoms with Crippen molar-refractivity contribution in [2.24, 2.45) is 0 Å². The maximum Gasteiger partial charge on any atom is 0.416 e. The number of nitrogens with one attached hydrogen (secondary N) is 2. The molecule has 2 N–H and O–H groups in total. The van der Waals surface area contributed by atoms with E-state index in [1.54, 1.807) is 4.90 Å². The van der Waals surface area contributed by atoms with E-state index < -0.39 is 17.6 Å². The van der Waals surface area contributed by atoms with E-state index in [4.69, 9.17) is 0 Å². The molecule has 0 unspecified atom stereocenters. The number of halogens is 3. The van der Waals surface area contributed by atoms with Crippen LogP contribution in [0.2, 0.25) is 0 Å². The summed E-state index contributed by atoms with van der Waals surface area (Å²) < 4.78 is 38.5. The lowest BCUT2D eigenvalue weighted by Gasteiger charge is -2.27. The summed E-state index contributed by atoms with van der Waals surface area (Å²) in [6.45, 7) is 2.85. The van der Waals surface area contributed by atoms with Crippen molar-refractivity contribution in [1.29, 1.82) is 0 Å². The van der Waals surface area contributed by atoms with Crippen molar-refractivity contribution in [3.05, 3.63) is 52.3 Å². The standard InChI is InChI=1S/C20H23F3N4O2/c1-2-3-7-17(28)27-9-8-16-15(12-27)18(26-25-16)19(29)24-11-13-5-4-6-14(10-13)20(21,22)23/h4-6,10H,2-3,7-9,11-12H2,1H3,(H,24,29)(H,25,26). The minimum absolute atomic E-state index is 0.0500. The van der Waals surface area contributed by atoms with E-state index in [1.807, 2.05) is 6.92 Å². The highest BCUT2D eigenvalue weighted by molar-refractivity contribution is 5.94. The van der Waals surface area contributed by atoms with Gasteiger partial charge in [-0.3, -0.25) is 14.7 Å². The summed E-state index contributed by atoms with van der Waals surface area (Å²) in [5.41, 5.74) is 1.24. The lowest BCUT2D eigenvalue weighted by Crippen LogP contribution is -2.36. The van der Waals surface area contributed by atoms with Crippen molar-refractivity contribution < 1.29 is 22.8 Å². The SMILES string of the molecule is CCCCC(=O)N1CCc2[nH]nc(C(=O)NCc3cccc(C(F)(F)F)c3)c2C1. The Hall–Kier alpha value is -2.84. The number of amides is 2. The third kappa shape index (κ3) is 4.96. The van der Waals surface area contributed by atoms with Crippen LogP contribution < -0.4 is 5.32 Å². The van der Waals surface area contributed by atoms with Crippen LogP contribution in [0, 0.1) is 0 Å². The minimum Gasteiger partial charge on any atom is -0.347 e. The molecule has 1 aromatic carbocycles. The van der Waals surface area contributed by atoms with Crippen LogP contribution in [0.5, 0.6) is 0 Å². The molecule has 0 spiro atoms. The van der Waals surface area contributed by atoms with Gasteiger partial charge in [-0.2, -0.15) is 18.3 Å². The average Bonchev–Trinajstić information content (AvgIpc) is 3.13. The van der Waals surface area contributed by atoms with Gasteiger partial charge in [0.2, 0.25) is 5.91 Å². The van der Waals surface area contributed by atoms with Crippen molar-refractivity contribution in [3.63, 3.8) is 0 Å². The average molecular weight is 408 g/mol. The zero-order valence-electron chi connectivity index (χ0n) is 16.1. The molecule has 0 aliphatic carbocycles. The highest BCUT2D eigenvalue weighted by atomic mass is 19.4. The van der Waals surface area contributed by atoms with Crippen LogP contribution in [-0.4, -0.2) is 33.5 Å². The Morgan fingerprint density at radius 1 is 1.31 bits per heavy atom. The van der Waals surface area contributed by atoms with Gasteiger partial charge in [-0.25, -0.2) is 0 Å². The second kappa shape index (κ2) is 8.67. The van der Waals surface area contributed by atoms with Crippen molar-refractivity contribution in [2.45, 2.75) is 51.9 Å². The summed E-state index contributed by atoms with van der Waals surface area (Å²) in [5, 5.41) is 9.52. The zero-order valence-corrected chi connectivity index (χ0v) is 16.1. The first-order valence-corrected chi connectivity index (χ1v) is 9.57. The molecule has 0 bridgehead atoms. The van der Waals surface area contributed by atoms with E-state index in [9.17, 15) is 22.8 Å². The summed E-state index contributed by atoms with van der Waals surface area (Å²) >= 11 is 0. The van der Waals surface area contributed by atoms with Crippen molar-refractivity contribution >= 4 is 11.8 Å². The number of H-pyrrole nitrogens is 1. The third-order valence-corrected chi connectivity index (χ3v) is 4.95. The van der Waals surface area contributed by atoms with Gasteiger partial charge in [0.05, 0.1) is 5.56 Å². The van der Waals surface area contributed by atoms with Crippen LogP contribution in [0.1, 0.15) is 59.1 Å². The van der Waals surface area contributed by atoms with Gasteiger partial charge in [0.25, 0.3) is 5.91 Å². The van der Waals surface area contributed by atoms with Crippen LogP contribution in [-0.2, 0) is 30.5 Å². The Bertz CT molecular complexity index is 892. The molecule has 2 amide bonds. The van der Waals surface area contributed by atoms with Crippen molar-refractivity contribution in [1.82, 2.24) is 20.4 Å². The number of carbonyl (C=O) groups excluding carboxylic acids is 2. The highest BCUT2D eigenvalue weighted by Gasteiger charge is 2.30. The molecule has 0 fully saturated rings. The number of rotatable bonds is 6. The van der Waals surface area contributed by atoms with E-state index in [0.29, 0.717) is 37.1 Å². The highest BCUT2D eigenvalue weighted by Crippen LogP contribution is 2.29. The third-order valence-electron chi connectivity index (χ3n) is 4.95. The van der Waals surface area contributed by atoms with Crippen LogP contribution in [0.25, 0.3) is 0 Å². The number of aromatic amines is 1. The summed E-state index contributed by atoms with van der Waals surface area (Å²) in [6.07, 6.45) is -1.63. The fraction of sp³-hybridized carbons (Fsp3) is 0.450. The number of hydrogen-bond donors (Lipinski definition) is 2. The second-order valence-corrected chi connectivity index (χ2v) is 7.08. The molecule has 2 heterocycles. The zero-order chi connectivity index (χ0) is 21.0. The molecule has 29 heavy (non-hydrogen) atoms. The Kier molecular flexibility index (Phi) is 6.24. The number of carbonyl (C=O) groups is 2. The van der Waals surface area contributed by atoms with Crippen LogP contribution >= 0.6 is 0 Å². The largest absolute Gasteiger partial charge is 0.416 e. The molecule has 0 atom stereocenters. The van der Waals surface area contributed by atoms with Crippen LogP contribution in [0.15, 0.2) is 24.3 Å². The molecule has 3 rings (SSSR count). The second-order valence-electron chi connectivity index (χ2n) is 7.08. The monoisotopic (exact) mass is 408 g/mol. The molecule has 0 saturated heterocycles. The number of alkyl halides is 3. The quantitative estimate of drug-likeness (QED) is 0.769. The predicted octanol–water partition coefficient (Wildman–Crippen LogP) is 3.43. The van der Waals surface area contributed by atoms with Crippen LogP contribution in [0.4, 0.5) is 13.2 Å². The molecule has 1 aliphatic rings. The molecular formula is C20H23F3N4O2. The van der Waals surface area contributed by atoms with Gasteiger partial charge in [0.15, 0.2) is 5.69 Å². The number of unbranched alkanes of at least 4 members (excludes halogenated alkanes) is 1. The first-order chi connectivity index (χ1) is 13.8. The van der Waals surface area contributed by atoms with Gasteiger partial charge >= 0.3 is 6.18 Å². The Labute approximate surface area is 166 Å². The lowest BCUT2D eigenvalue weighted by atomic mass is 10.0. The molecule has 1 aromatic heterocycles. The van der Waals surface area contributed by atoms with E-state index in [1.165, 1.54) is 12.1 Å². The predicted molar refractivity (Wildman–Crippen MR) is 99.8 cm³/mol. The maximum atomic E-state index is 12.8. The van der Waals surface area contributed by atoms with E-state index in [2.05, 4.69) is 15.5 Å². The number of hydrogen-bond acceptors (Lipinski definition) is 3. The van der Waals surface area contributed by atoms with Gasteiger partial charge < -0.3 is 10.2 Å². The molecule has 6 nitrogen and oxygen atoms in total. The maximum absolute atomic E-state index is 12.8. The fourth-order valence-electron chi connectivity index (χ4n) is 3.31. The molecule has 0 radical (unpaired) electrons. The number of fused-ring (bicyclic) bond motifs is 1. The summed E-state index contributed by atoms with van der Waals surface area (Å²) in [4.78, 5) is 26.6. The van der Waals surface area contributed by atoms with Gasteiger partial charge in [-0.15, -0.1) is 0 Å². The summed E-state index contributed by atoms with van der Waals surface area (Å²) in [5.74, 6) is -0.434. The Morgan fingerprint density at radius 3 is 2.83 bits per heavy atom. The Morgan fingerprint density at radius 2 is 2.10 bits per heavy atom. The van der Waals surface area contributed by atoms with Gasteiger partial charge in [0, 0.05) is 43.7 Å². The molecule has 1 aliphatic heterocycles. The minimum atomic E-state index is -4.44. The van der Waals surface area contributed by atoms with Gasteiger partial charge in [0.1, 0.15) is 0 Å². The molecule has 0 saturated carbocycles. The van der Waals surface area contributed by atoms with E-state index >= 15 is 0 Å². The summed E-state index contributed by atoms with van der Waals surface area (Å²) in [7, 11) is 0. The molecule has 2 aromatic rings. The number of benzene rings is 1. The fourth-order valence-corrected chi connectivity index (χ4v) is 3.31.